The van der Waals surface area contributed by atoms with Gasteiger partial charge in [-0.1, -0.05) is 32.0 Å². The van der Waals surface area contributed by atoms with Crippen molar-refractivity contribution in [2.24, 2.45) is 11.7 Å². The molecule has 0 saturated heterocycles. The molecule has 12 heteroatoms. The number of carboxylic acids is 1. The third-order valence-electron chi connectivity index (χ3n) is 5.60. The summed E-state index contributed by atoms with van der Waals surface area (Å²) in [7, 11) is 0. The molecule has 2 aromatic rings. The summed E-state index contributed by atoms with van der Waals surface area (Å²) in [4.78, 5) is 52.9. The lowest BCUT2D eigenvalue weighted by atomic mass is 10.0. The van der Waals surface area contributed by atoms with Gasteiger partial charge in [-0.25, -0.2) is 4.79 Å². The monoisotopic (exact) mass is 507 g/mol. The number of fused-ring (bicyclic) bond motifs is 1. The molecular weight excluding hydrogens is 474 g/mol. The molecule has 8 N–H and O–H groups in total. The number of aromatic nitrogens is 1. The molecular formula is C23H33N5O6S. The zero-order valence-electron chi connectivity index (χ0n) is 19.8. The molecule has 1 heterocycles. The van der Waals surface area contributed by atoms with Crippen molar-refractivity contribution in [3.8, 4) is 0 Å². The normalized spacial score (nSPS) is 15.6. The SMILES string of the molecule is CC(C)C(NC(=O)C(CS)NC(=O)C(Cc1c[nH]c2ccccc12)NC(=O)C(N)C(C)O)C(=O)O. The number of aliphatic hydroxyl groups is 1. The third-order valence-corrected chi connectivity index (χ3v) is 5.97. The molecule has 0 aliphatic carbocycles. The molecule has 3 amide bonds. The van der Waals surface area contributed by atoms with Gasteiger partial charge in [-0.15, -0.1) is 0 Å². The van der Waals surface area contributed by atoms with Crippen molar-refractivity contribution in [1.82, 2.24) is 20.9 Å². The fourth-order valence-electron chi connectivity index (χ4n) is 3.45. The second-order valence-corrected chi connectivity index (χ2v) is 9.07. The second-order valence-electron chi connectivity index (χ2n) is 8.70. The van der Waals surface area contributed by atoms with Gasteiger partial charge < -0.3 is 36.9 Å². The Bertz CT molecular complexity index is 1060. The van der Waals surface area contributed by atoms with Crippen molar-refractivity contribution >= 4 is 47.2 Å². The Morgan fingerprint density at radius 2 is 1.60 bits per heavy atom. The molecule has 192 valence electrons. The molecule has 11 nitrogen and oxygen atoms in total. The number of carbonyl (C=O) groups is 4. The summed E-state index contributed by atoms with van der Waals surface area (Å²) in [5.74, 6) is -3.84. The number of carboxylic acid groups (broad SMARTS) is 1. The van der Waals surface area contributed by atoms with Crippen LogP contribution < -0.4 is 21.7 Å². The zero-order chi connectivity index (χ0) is 26.3. The number of aromatic amines is 1. The lowest BCUT2D eigenvalue weighted by Crippen LogP contribution is -2.59. The molecule has 0 aliphatic heterocycles. The van der Waals surface area contributed by atoms with Crippen molar-refractivity contribution in [3.05, 3.63) is 36.0 Å². The third kappa shape index (κ3) is 7.44. The lowest BCUT2D eigenvalue weighted by Gasteiger charge is -2.25. The summed E-state index contributed by atoms with van der Waals surface area (Å²) in [6.45, 7) is 4.64. The van der Waals surface area contributed by atoms with Crippen LogP contribution >= 0.6 is 12.6 Å². The van der Waals surface area contributed by atoms with E-state index in [9.17, 15) is 29.4 Å². The van der Waals surface area contributed by atoms with E-state index in [1.165, 1.54) is 6.92 Å². The van der Waals surface area contributed by atoms with Gasteiger partial charge in [0.1, 0.15) is 24.2 Å². The van der Waals surface area contributed by atoms with Crippen molar-refractivity contribution in [2.45, 2.75) is 57.5 Å². The van der Waals surface area contributed by atoms with Gasteiger partial charge >= 0.3 is 5.97 Å². The maximum absolute atomic E-state index is 13.2. The number of carbonyl (C=O) groups excluding carboxylic acids is 3. The Hall–Kier alpha value is -3.09. The highest BCUT2D eigenvalue weighted by atomic mass is 32.1. The molecule has 0 bridgehead atoms. The Kier molecular flexibility index (Phi) is 10.1. The largest absolute Gasteiger partial charge is 0.480 e. The number of nitrogens with one attached hydrogen (secondary N) is 4. The summed E-state index contributed by atoms with van der Waals surface area (Å²) in [6.07, 6.45) is 0.639. The minimum absolute atomic E-state index is 0.0682. The first-order chi connectivity index (χ1) is 16.5. The van der Waals surface area contributed by atoms with E-state index < -0.39 is 54.0 Å². The predicted octanol–water partition coefficient (Wildman–Crippen LogP) is -0.457. The van der Waals surface area contributed by atoms with Crippen molar-refractivity contribution < 1.29 is 29.4 Å². The number of amides is 3. The number of hydrogen-bond acceptors (Lipinski definition) is 7. The van der Waals surface area contributed by atoms with Crippen LogP contribution in [0.4, 0.5) is 0 Å². The van der Waals surface area contributed by atoms with E-state index in [1.807, 2.05) is 24.3 Å². The summed E-state index contributed by atoms with van der Waals surface area (Å²) < 4.78 is 0. The summed E-state index contributed by atoms with van der Waals surface area (Å²) >= 11 is 4.12. The number of aliphatic carboxylic acids is 1. The van der Waals surface area contributed by atoms with Gasteiger partial charge in [0.2, 0.25) is 17.7 Å². The predicted molar refractivity (Wildman–Crippen MR) is 134 cm³/mol. The van der Waals surface area contributed by atoms with E-state index in [2.05, 4.69) is 33.6 Å². The van der Waals surface area contributed by atoms with Crippen molar-refractivity contribution in [1.29, 1.82) is 0 Å². The Labute approximate surface area is 208 Å². The lowest BCUT2D eigenvalue weighted by molar-refractivity contribution is -0.143. The first-order valence-electron chi connectivity index (χ1n) is 11.2. The average molecular weight is 508 g/mol. The first-order valence-corrected chi connectivity index (χ1v) is 11.8. The minimum Gasteiger partial charge on any atom is -0.480 e. The average Bonchev–Trinajstić information content (AvgIpc) is 3.21. The molecule has 35 heavy (non-hydrogen) atoms. The molecule has 1 aromatic carbocycles. The highest BCUT2D eigenvalue weighted by Gasteiger charge is 2.31. The van der Waals surface area contributed by atoms with E-state index in [-0.39, 0.29) is 18.1 Å². The van der Waals surface area contributed by atoms with Crippen LogP contribution in [0, 0.1) is 5.92 Å². The van der Waals surface area contributed by atoms with Gasteiger partial charge in [-0.05, 0) is 24.5 Å². The number of hydrogen-bond donors (Lipinski definition) is 8. The van der Waals surface area contributed by atoms with E-state index in [0.29, 0.717) is 0 Å². The maximum Gasteiger partial charge on any atom is 0.326 e. The van der Waals surface area contributed by atoms with E-state index in [0.717, 1.165) is 16.5 Å². The van der Waals surface area contributed by atoms with Crippen molar-refractivity contribution in [3.63, 3.8) is 0 Å². The first kappa shape index (κ1) is 28.1. The number of para-hydroxylation sites is 1. The highest BCUT2D eigenvalue weighted by Crippen LogP contribution is 2.19. The quantitative estimate of drug-likeness (QED) is 0.179. The number of aliphatic hydroxyl groups excluding tert-OH is 1. The smallest absolute Gasteiger partial charge is 0.326 e. The molecule has 0 aliphatic rings. The minimum atomic E-state index is -1.26. The summed E-state index contributed by atoms with van der Waals surface area (Å²) in [5.41, 5.74) is 7.31. The summed E-state index contributed by atoms with van der Waals surface area (Å²) in [6, 6.07) is 2.72. The van der Waals surface area contributed by atoms with Crippen LogP contribution in [0.3, 0.4) is 0 Å². The van der Waals surface area contributed by atoms with Crippen molar-refractivity contribution in [2.75, 3.05) is 5.75 Å². The van der Waals surface area contributed by atoms with Crippen LogP contribution in [0.25, 0.3) is 10.9 Å². The Morgan fingerprint density at radius 1 is 1.00 bits per heavy atom. The number of H-pyrrole nitrogens is 1. The number of thiol groups is 1. The second kappa shape index (κ2) is 12.6. The van der Waals surface area contributed by atoms with Gasteiger partial charge in [0.25, 0.3) is 0 Å². The fraction of sp³-hybridized carbons (Fsp3) is 0.478. The molecule has 0 saturated carbocycles. The topological polar surface area (TPSA) is 187 Å². The number of rotatable bonds is 12. The molecule has 2 rings (SSSR count). The van der Waals surface area contributed by atoms with Gasteiger partial charge in [0, 0.05) is 29.3 Å². The highest BCUT2D eigenvalue weighted by molar-refractivity contribution is 7.80. The van der Waals surface area contributed by atoms with E-state index in [4.69, 9.17) is 5.73 Å². The van der Waals surface area contributed by atoms with Gasteiger partial charge in [-0.2, -0.15) is 12.6 Å². The van der Waals surface area contributed by atoms with E-state index in [1.54, 1.807) is 20.0 Å². The van der Waals surface area contributed by atoms with Crippen LogP contribution in [-0.2, 0) is 25.6 Å². The molecule has 5 atom stereocenters. The summed E-state index contributed by atoms with van der Waals surface area (Å²) in [5, 5.41) is 27.3. The number of benzene rings is 1. The maximum atomic E-state index is 13.2. The van der Waals surface area contributed by atoms with Gasteiger partial charge in [-0.3, -0.25) is 14.4 Å². The fourth-order valence-corrected chi connectivity index (χ4v) is 3.71. The van der Waals surface area contributed by atoms with Crippen LogP contribution in [0.5, 0.6) is 0 Å². The van der Waals surface area contributed by atoms with Crippen LogP contribution in [-0.4, -0.2) is 74.9 Å². The molecule has 0 spiro atoms. The van der Waals surface area contributed by atoms with Gasteiger partial charge in [0.15, 0.2) is 0 Å². The van der Waals surface area contributed by atoms with E-state index >= 15 is 0 Å². The van der Waals surface area contributed by atoms with Gasteiger partial charge in [0.05, 0.1) is 6.10 Å². The molecule has 5 unspecified atom stereocenters. The van der Waals surface area contributed by atoms with Crippen LogP contribution in [0.15, 0.2) is 30.5 Å². The standard InChI is InChI=1S/C23H33N5O6S/c1-11(2)19(23(33)34)28-21(31)17(10-35)27-20(30)16(26-22(32)18(24)12(3)29)8-13-9-25-15-7-5-4-6-14(13)15/h4-7,9,11-12,16-19,25,29,35H,8,10,24H2,1-3H3,(H,26,32)(H,27,30)(H,28,31)(H,33,34). The van der Waals surface area contributed by atoms with Crippen LogP contribution in [0.2, 0.25) is 0 Å². The molecule has 0 fully saturated rings. The zero-order valence-corrected chi connectivity index (χ0v) is 20.7. The Balaban J connectivity index is 2.25. The van der Waals surface area contributed by atoms with Crippen LogP contribution in [0.1, 0.15) is 26.3 Å². The Morgan fingerprint density at radius 3 is 2.17 bits per heavy atom. The molecule has 1 aromatic heterocycles. The number of nitrogens with two attached hydrogens (primary N) is 1. The molecule has 0 radical (unpaired) electrons.